The molecule has 1 unspecified atom stereocenters. The Morgan fingerprint density at radius 3 is 2.69 bits per heavy atom. The van der Waals surface area contributed by atoms with Crippen LogP contribution in [0.5, 0.6) is 0 Å². The van der Waals surface area contributed by atoms with Gasteiger partial charge in [-0.15, -0.1) is 0 Å². The molecular weight excluding hydrogens is 206 g/mol. The molecule has 0 saturated heterocycles. The van der Waals surface area contributed by atoms with E-state index < -0.39 is 0 Å². The van der Waals surface area contributed by atoms with Crippen molar-refractivity contribution >= 4 is 5.97 Å². The summed E-state index contributed by atoms with van der Waals surface area (Å²) in [7, 11) is 1.52. The van der Waals surface area contributed by atoms with Crippen molar-refractivity contribution in [2.45, 2.75) is 13.5 Å². The average Bonchev–Trinajstić information content (AvgIpc) is 2.34. The molecule has 0 aliphatic rings. The summed E-state index contributed by atoms with van der Waals surface area (Å²) >= 11 is 0. The Morgan fingerprint density at radius 1 is 1.38 bits per heavy atom. The maximum absolute atomic E-state index is 11.5. The minimum absolute atomic E-state index is 0.219. The lowest BCUT2D eigenvalue weighted by Crippen LogP contribution is -2.27. The highest BCUT2D eigenvalue weighted by molar-refractivity contribution is 5.72. The highest BCUT2D eigenvalue weighted by Crippen LogP contribution is 2.04. The summed E-state index contributed by atoms with van der Waals surface area (Å²) in [4.78, 5) is 16.2. The zero-order valence-corrected chi connectivity index (χ0v) is 9.60. The molecule has 1 aromatic carbocycles. The Labute approximate surface area is 95.5 Å². The maximum atomic E-state index is 11.5. The molecule has 88 valence electrons. The molecule has 0 radical (unpaired) electrons. The standard InChI is InChI=1S/C12H17NO3/c1-10(8-13-15-2)12(14)16-9-11-6-4-3-5-7-11/h3-7,10,13H,8-9H2,1-2H3. The van der Waals surface area contributed by atoms with Crippen molar-refractivity contribution < 1.29 is 14.4 Å². The molecule has 1 N–H and O–H groups in total. The van der Waals surface area contributed by atoms with Crippen LogP contribution in [0.4, 0.5) is 0 Å². The van der Waals surface area contributed by atoms with Crippen molar-refractivity contribution in [2.24, 2.45) is 5.92 Å². The fraction of sp³-hybridized carbons (Fsp3) is 0.417. The van der Waals surface area contributed by atoms with E-state index in [9.17, 15) is 4.79 Å². The van der Waals surface area contributed by atoms with Crippen LogP contribution in [-0.4, -0.2) is 19.6 Å². The summed E-state index contributed by atoms with van der Waals surface area (Å²) in [5, 5.41) is 0. The van der Waals surface area contributed by atoms with Gasteiger partial charge >= 0.3 is 5.97 Å². The molecule has 0 spiro atoms. The van der Waals surface area contributed by atoms with Gasteiger partial charge in [0, 0.05) is 6.54 Å². The number of hydrogen-bond donors (Lipinski definition) is 1. The topological polar surface area (TPSA) is 47.6 Å². The van der Waals surface area contributed by atoms with Gasteiger partial charge in [-0.3, -0.25) is 4.79 Å². The van der Waals surface area contributed by atoms with Crippen molar-refractivity contribution in [1.82, 2.24) is 5.48 Å². The van der Waals surface area contributed by atoms with Crippen LogP contribution in [0.1, 0.15) is 12.5 Å². The van der Waals surface area contributed by atoms with Crippen LogP contribution in [0.2, 0.25) is 0 Å². The predicted molar refractivity (Wildman–Crippen MR) is 60.4 cm³/mol. The smallest absolute Gasteiger partial charge is 0.310 e. The summed E-state index contributed by atoms with van der Waals surface area (Å²) in [6.07, 6.45) is 0. The fourth-order valence-electron chi connectivity index (χ4n) is 1.16. The van der Waals surface area contributed by atoms with Crippen LogP contribution < -0.4 is 5.48 Å². The normalized spacial score (nSPS) is 12.1. The molecule has 1 aromatic rings. The van der Waals surface area contributed by atoms with Gasteiger partial charge in [0.2, 0.25) is 0 Å². The highest BCUT2D eigenvalue weighted by Gasteiger charge is 2.13. The van der Waals surface area contributed by atoms with Crippen molar-refractivity contribution in [3.05, 3.63) is 35.9 Å². The van der Waals surface area contributed by atoms with Gasteiger partial charge in [-0.05, 0) is 5.56 Å². The average molecular weight is 223 g/mol. The van der Waals surface area contributed by atoms with Crippen LogP contribution in [-0.2, 0) is 21.0 Å². The number of carbonyl (C=O) groups is 1. The quantitative estimate of drug-likeness (QED) is 0.586. The monoisotopic (exact) mass is 223 g/mol. The first kappa shape index (κ1) is 12.7. The third-order valence-corrected chi connectivity index (χ3v) is 2.16. The molecule has 1 rings (SSSR count). The van der Waals surface area contributed by atoms with Crippen LogP contribution in [0, 0.1) is 5.92 Å². The second kappa shape index (κ2) is 6.98. The van der Waals surface area contributed by atoms with Gasteiger partial charge in [0.15, 0.2) is 0 Å². The van der Waals surface area contributed by atoms with E-state index in [-0.39, 0.29) is 11.9 Å². The van der Waals surface area contributed by atoms with Gasteiger partial charge in [-0.25, -0.2) is 5.48 Å². The molecule has 0 aliphatic heterocycles. The molecule has 0 heterocycles. The van der Waals surface area contributed by atoms with E-state index in [1.165, 1.54) is 7.11 Å². The first-order chi connectivity index (χ1) is 7.74. The number of ether oxygens (including phenoxy) is 1. The van der Waals surface area contributed by atoms with E-state index in [0.29, 0.717) is 13.2 Å². The van der Waals surface area contributed by atoms with Gasteiger partial charge in [-0.1, -0.05) is 37.3 Å². The second-order valence-electron chi connectivity index (χ2n) is 3.55. The minimum atomic E-state index is -0.228. The SMILES string of the molecule is CONCC(C)C(=O)OCc1ccccc1. The molecule has 0 saturated carbocycles. The first-order valence-corrected chi connectivity index (χ1v) is 5.20. The van der Waals surface area contributed by atoms with Gasteiger partial charge in [0.05, 0.1) is 13.0 Å². The third-order valence-electron chi connectivity index (χ3n) is 2.16. The molecule has 0 aromatic heterocycles. The summed E-state index contributed by atoms with van der Waals surface area (Å²) in [6.45, 7) is 2.56. The number of carbonyl (C=O) groups excluding carboxylic acids is 1. The number of nitrogens with one attached hydrogen (secondary N) is 1. The Hall–Kier alpha value is -1.39. The molecular formula is C12H17NO3. The van der Waals surface area contributed by atoms with Gasteiger partial charge in [0.1, 0.15) is 6.61 Å². The van der Waals surface area contributed by atoms with E-state index in [1.807, 2.05) is 30.3 Å². The third kappa shape index (κ3) is 4.42. The summed E-state index contributed by atoms with van der Waals surface area (Å²) < 4.78 is 5.15. The summed E-state index contributed by atoms with van der Waals surface area (Å²) in [6, 6.07) is 9.60. The van der Waals surface area contributed by atoms with Gasteiger partial charge < -0.3 is 9.57 Å². The molecule has 0 aliphatic carbocycles. The van der Waals surface area contributed by atoms with Gasteiger partial charge in [-0.2, -0.15) is 0 Å². The zero-order chi connectivity index (χ0) is 11.8. The Bertz CT molecular complexity index is 313. The lowest BCUT2D eigenvalue weighted by atomic mass is 10.2. The molecule has 0 fully saturated rings. The molecule has 0 bridgehead atoms. The predicted octanol–water partition coefficient (Wildman–Crippen LogP) is 1.52. The Balaban J connectivity index is 2.29. The number of esters is 1. The second-order valence-corrected chi connectivity index (χ2v) is 3.55. The van der Waals surface area contributed by atoms with E-state index >= 15 is 0 Å². The van der Waals surface area contributed by atoms with Crippen LogP contribution in [0.15, 0.2) is 30.3 Å². The van der Waals surface area contributed by atoms with Crippen molar-refractivity contribution in [3.8, 4) is 0 Å². The van der Waals surface area contributed by atoms with Crippen LogP contribution in [0.25, 0.3) is 0 Å². The number of hydroxylamine groups is 1. The fourth-order valence-corrected chi connectivity index (χ4v) is 1.16. The maximum Gasteiger partial charge on any atom is 0.310 e. The van der Waals surface area contributed by atoms with Crippen LogP contribution in [0.3, 0.4) is 0 Å². The number of rotatable bonds is 6. The minimum Gasteiger partial charge on any atom is -0.461 e. The molecule has 4 nitrogen and oxygen atoms in total. The lowest BCUT2D eigenvalue weighted by molar-refractivity contribution is -0.149. The largest absolute Gasteiger partial charge is 0.461 e. The Kier molecular flexibility index (Phi) is 5.53. The molecule has 4 heteroatoms. The van der Waals surface area contributed by atoms with E-state index in [2.05, 4.69) is 10.3 Å². The molecule has 16 heavy (non-hydrogen) atoms. The highest BCUT2D eigenvalue weighted by atomic mass is 16.6. The van der Waals surface area contributed by atoms with E-state index in [1.54, 1.807) is 6.92 Å². The van der Waals surface area contributed by atoms with Gasteiger partial charge in [0.25, 0.3) is 0 Å². The van der Waals surface area contributed by atoms with E-state index in [0.717, 1.165) is 5.56 Å². The van der Waals surface area contributed by atoms with Crippen molar-refractivity contribution in [3.63, 3.8) is 0 Å². The van der Waals surface area contributed by atoms with E-state index in [4.69, 9.17) is 4.74 Å². The number of hydrogen-bond acceptors (Lipinski definition) is 4. The molecule has 0 amide bonds. The summed E-state index contributed by atoms with van der Waals surface area (Å²) in [5.74, 6) is -0.447. The van der Waals surface area contributed by atoms with Crippen LogP contribution >= 0.6 is 0 Å². The summed E-state index contributed by atoms with van der Waals surface area (Å²) in [5.41, 5.74) is 3.61. The molecule has 1 atom stereocenters. The Morgan fingerprint density at radius 2 is 2.06 bits per heavy atom. The zero-order valence-electron chi connectivity index (χ0n) is 9.60. The van der Waals surface area contributed by atoms with Crippen molar-refractivity contribution in [2.75, 3.05) is 13.7 Å². The first-order valence-electron chi connectivity index (χ1n) is 5.20. The number of benzene rings is 1. The lowest BCUT2D eigenvalue weighted by Gasteiger charge is -2.11. The van der Waals surface area contributed by atoms with Crippen molar-refractivity contribution in [1.29, 1.82) is 0 Å².